The van der Waals surface area contributed by atoms with Gasteiger partial charge in [0.1, 0.15) is 17.3 Å². The van der Waals surface area contributed by atoms with Crippen molar-refractivity contribution in [2.24, 2.45) is 0 Å². The Morgan fingerprint density at radius 1 is 1.17 bits per heavy atom. The lowest BCUT2D eigenvalue weighted by Gasteiger charge is -2.25. The molecule has 1 aromatic carbocycles. The van der Waals surface area contributed by atoms with Crippen LogP contribution in [0.15, 0.2) is 58.6 Å². The third-order valence-corrected chi connectivity index (χ3v) is 5.75. The summed E-state index contributed by atoms with van der Waals surface area (Å²) in [5.74, 6) is -3.13. The molecule has 1 aliphatic heterocycles. The molecule has 0 radical (unpaired) electrons. The van der Waals surface area contributed by atoms with E-state index in [1.54, 1.807) is 11.4 Å². The van der Waals surface area contributed by atoms with Gasteiger partial charge in [0.05, 0.1) is 10.5 Å². The number of rotatable bonds is 5. The van der Waals surface area contributed by atoms with Gasteiger partial charge in [0.25, 0.3) is 5.91 Å². The van der Waals surface area contributed by atoms with E-state index in [9.17, 15) is 27.9 Å². The zero-order valence-corrected chi connectivity index (χ0v) is 16.3. The van der Waals surface area contributed by atoms with Crippen molar-refractivity contribution >= 4 is 39.5 Å². The van der Waals surface area contributed by atoms with E-state index in [4.69, 9.17) is 0 Å². The minimum atomic E-state index is -5.00. The lowest BCUT2D eigenvalue weighted by atomic mass is 9.95. The van der Waals surface area contributed by atoms with E-state index in [1.807, 2.05) is 0 Å². The van der Waals surface area contributed by atoms with Crippen LogP contribution in [0.4, 0.5) is 18.3 Å². The molecule has 0 spiro atoms. The van der Waals surface area contributed by atoms with Crippen LogP contribution >= 0.6 is 22.7 Å². The highest BCUT2D eigenvalue weighted by molar-refractivity contribution is 7.13. The predicted molar refractivity (Wildman–Crippen MR) is 102 cm³/mol. The molecule has 2 aromatic heterocycles. The molecule has 1 amide bonds. The van der Waals surface area contributed by atoms with Crippen molar-refractivity contribution in [2.45, 2.75) is 12.4 Å². The third-order valence-electron chi connectivity index (χ3n) is 4.19. The van der Waals surface area contributed by atoms with E-state index in [2.05, 4.69) is 14.9 Å². The number of hydrogen-bond donors (Lipinski definition) is 1. The van der Waals surface area contributed by atoms with Crippen LogP contribution < -0.4 is 9.64 Å². The van der Waals surface area contributed by atoms with Crippen LogP contribution in [0.1, 0.15) is 21.3 Å². The number of aliphatic hydroxyl groups excluding tert-OH is 1. The maximum Gasteiger partial charge on any atom is 0.573 e. The van der Waals surface area contributed by atoms with Crippen molar-refractivity contribution in [3.8, 4) is 5.75 Å². The zero-order valence-electron chi connectivity index (χ0n) is 14.7. The van der Waals surface area contributed by atoms with E-state index in [-0.39, 0.29) is 21.1 Å². The van der Waals surface area contributed by atoms with Gasteiger partial charge in [-0.25, -0.2) is 0 Å². The molecule has 0 aliphatic carbocycles. The number of ketones is 1. The Bertz CT molecular complexity index is 1130. The van der Waals surface area contributed by atoms with Crippen molar-refractivity contribution in [1.29, 1.82) is 0 Å². The molecule has 1 atom stereocenters. The number of carbonyl (C=O) groups excluding carboxylic acids is 2. The summed E-state index contributed by atoms with van der Waals surface area (Å²) in [6.45, 7) is 0. The van der Waals surface area contributed by atoms with Crippen molar-refractivity contribution in [3.63, 3.8) is 0 Å². The quantitative estimate of drug-likeness (QED) is 0.580. The molecule has 3 aromatic rings. The van der Waals surface area contributed by atoms with Gasteiger partial charge in [-0.2, -0.15) is 0 Å². The first kappa shape index (κ1) is 20.0. The second-order valence-corrected chi connectivity index (χ2v) is 7.71. The van der Waals surface area contributed by atoms with Crippen LogP contribution in [-0.2, 0) is 4.79 Å². The molecule has 12 heteroatoms. The second-order valence-electron chi connectivity index (χ2n) is 5.95. The summed E-state index contributed by atoms with van der Waals surface area (Å²) in [6, 6.07) is 6.80. The SMILES string of the molecule is O=C(C1=C(O)C(=O)N(c2nncs2)C1c1ccccc1OC(F)(F)F)c1cccs1. The average Bonchev–Trinajstić information content (AvgIpc) is 3.43. The van der Waals surface area contributed by atoms with Gasteiger partial charge < -0.3 is 9.84 Å². The van der Waals surface area contributed by atoms with E-state index in [0.29, 0.717) is 0 Å². The molecule has 1 N–H and O–H groups in total. The summed E-state index contributed by atoms with van der Waals surface area (Å²) in [5, 5.41) is 19.6. The predicted octanol–water partition coefficient (Wildman–Crippen LogP) is 4.28. The summed E-state index contributed by atoms with van der Waals surface area (Å²) >= 11 is 2.00. The van der Waals surface area contributed by atoms with E-state index in [0.717, 1.165) is 33.6 Å². The number of nitrogens with zero attached hydrogens (tertiary/aromatic N) is 3. The number of carbonyl (C=O) groups is 2. The molecule has 0 bridgehead atoms. The van der Waals surface area contributed by atoms with Gasteiger partial charge in [0.15, 0.2) is 5.76 Å². The molecule has 7 nitrogen and oxygen atoms in total. The van der Waals surface area contributed by atoms with Crippen LogP contribution in [0.5, 0.6) is 5.75 Å². The number of aromatic nitrogens is 2. The number of alkyl halides is 3. The van der Waals surface area contributed by atoms with Crippen LogP contribution in [0.2, 0.25) is 0 Å². The summed E-state index contributed by atoms with van der Waals surface area (Å²) in [6.07, 6.45) is -5.00. The lowest BCUT2D eigenvalue weighted by Crippen LogP contribution is -2.31. The lowest BCUT2D eigenvalue weighted by molar-refractivity contribution is -0.274. The van der Waals surface area contributed by atoms with Gasteiger partial charge in [0.2, 0.25) is 10.9 Å². The zero-order chi connectivity index (χ0) is 21.5. The largest absolute Gasteiger partial charge is 0.573 e. The number of aliphatic hydroxyl groups is 1. The number of benzene rings is 1. The van der Waals surface area contributed by atoms with E-state index in [1.165, 1.54) is 29.8 Å². The van der Waals surface area contributed by atoms with Crippen molar-refractivity contribution in [2.75, 3.05) is 4.90 Å². The molecule has 0 saturated heterocycles. The smallest absolute Gasteiger partial charge is 0.503 e. The molecule has 1 unspecified atom stereocenters. The monoisotopic (exact) mass is 453 g/mol. The summed E-state index contributed by atoms with van der Waals surface area (Å²) in [7, 11) is 0. The number of amides is 1. The minimum Gasteiger partial charge on any atom is -0.503 e. The number of thiophene rings is 1. The Morgan fingerprint density at radius 2 is 1.93 bits per heavy atom. The van der Waals surface area contributed by atoms with Crippen LogP contribution in [0, 0.1) is 0 Å². The Morgan fingerprint density at radius 3 is 2.57 bits per heavy atom. The Kier molecular flexibility index (Phi) is 5.03. The number of para-hydroxylation sites is 1. The normalized spacial score (nSPS) is 17.0. The van der Waals surface area contributed by atoms with Gasteiger partial charge in [-0.15, -0.1) is 34.7 Å². The standard InChI is InChI=1S/C18H10F3N3O4S2/c19-18(20,21)28-10-5-2-1-4-9(10)13-12(14(25)11-6-3-7-29-11)15(26)16(27)24(13)17-23-22-8-30-17/h1-8,13,26H. The highest BCUT2D eigenvalue weighted by Crippen LogP contribution is 2.45. The number of ether oxygens (including phenoxy) is 1. The van der Waals surface area contributed by atoms with Crippen molar-refractivity contribution in [1.82, 2.24) is 10.2 Å². The van der Waals surface area contributed by atoms with Crippen LogP contribution in [-0.4, -0.2) is 33.4 Å². The Hall–Kier alpha value is -3.25. The summed E-state index contributed by atoms with van der Waals surface area (Å²) in [5.41, 5.74) is 0.812. The van der Waals surface area contributed by atoms with E-state index < -0.39 is 35.6 Å². The first-order valence-corrected chi connectivity index (χ1v) is 9.99. The number of halogens is 3. The topological polar surface area (TPSA) is 92.6 Å². The molecular weight excluding hydrogens is 443 g/mol. The van der Waals surface area contributed by atoms with Gasteiger partial charge in [-0.1, -0.05) is 35.6 Å². The fraction of sp³-hybridized carbons (Fsp3) is 0.111. The molecule has 0 saturated carbocycles. The maximum atomic E-state index is 13.1. The first-order chi connectivity index (χ1) is 14.3. The second kappa shape index (κ2) is 7.54. The summed E-state index contributed by atoms with van der Waals surface area (Å²) < 4.78 is 43.0. The molecule has 1 aliphatic rings. The first-order valence-electron chi connectivity index (χ1n) is 8.23. The Labute approximate surface area is 174 Å². The molecule has 0 fully saturated rings. The molecule has 30 heavy (non-hydrogen) atoms. The highest BCUT2D eigenvalue weighted by Gasteiger charge is 2.47. The minimum absolute atomic E-state index is 0.00680. The highest BCUT2D eigenvalue weighted by atomic mass is 32.1. The van der Waals surface area contributed by atoms with Gasteiger partial charge in [-0.05, 0) is 17.5 Å². The van der Waals surface area contributed by atoms with Crippen LogP contribution in [0.3, 0.4) is 0 Å². The molecular formula is C18H10F3N3O4S2. The van der Waals surface area contributed by atoms with Gasteiger partial charge >= 0.3 is 6.36 Å². The molecule has 4 rings (SSSR count). The number of Topliss-reactive ketones (excluding diaryl/α,β-unsaturated/α-hetero) is 1. The summed E-state index contributed by atoms with van der Waals surface area (Å²) in [4.78, 5) is 27.0. The molecule has 3 heterocycles. The third kappa shape index (κ3) is 3.55. The van der Waals surface area contributed by atoms with Gasteiger partial charge in [0, 0.05) is 5.56 Å². The van der Waals surface area contributed by atoms with Crippen molar-refractivity contribution in [3.05, 3.63) is 69.1 Å². The Balaban J connectivity index is 1.90. The van der Waals surface area contributed by atoms with Crippen LogP contribution in [0.25, 0.3) is 0 Å². The maximum absolute atomic E-state index is 13.1. The average molecular weight is 453 g/mol. The van der Waals surface area contributed by atoms with E-state index >= 15 is 0 Å². The fourth-order valence-electron chi connectivity index (χ4n) is 3.07. The number of hydrogen-bond acceptors (Lipinski definition) is 8. The molecule has 154 valence electrons. The van der Waals surface area contributed by atoms with Gasteiger partial charge in [-0.3, -0.25) is 14.5 Å². The number of anilines is 1. The van der Waals surface area contributed by atoms with Crippen molar-refractivity contribution < 1.29 is 32.6 Å². The fourth-order valence-corrected chi connectivity index (χ4v) is 4.33.